The van der Waals surface area contributed by atoms with E-state index in [4.69, 9.17) is 0 Å². The molecule has 1 saturated heterocycles. The molecule has 1 aliphatic heterocycles. The molecule has 138 valence electrons. The van der Waals surface area contributed by atoms with Crippen molar-refractivity contribution in [2.45, 2.75) is 76.7 Å². The van der Waals surface area contributed by atoms with Crippen LogP contribution in [0.3, 0.4) is 0 Å². The molecule has 1 N–H and O–H groups in total. The second kappa shape index (κ2) is 5.99. The molecule has 0 radical (unpaired) electrons. The van der Waals surface area contributed by atoms with Crippen molar-refractivity contribution in [2.75, 3.05) is 13.1 Å². The van der Waals surface area contributed by atoms with Crippen LogP contribution in [0.4, 0.5) is 0 Å². The zero-order valence-electron chi connectivity index (χ0n) is 15.3. The lowest BCUT2D eigenvalue weighted by Gasteiger charge is -2.36. The summed E-state index contributed by atoms with van der Waals surface area (Å²) in [5.41, 5.74) is -0.0277. The molecule has 0 aromatic heterocycles. The first kappa shape index (κ1) is 16.1. The molecule has 5 fully saturated rings. The second-order valence-electron chi connectivity index (χ2n) is 9.46. The third kappa shape index (κ3) is 2.46. The average molecular weight is 344 g/mol. The molecule has 0 aromatic carbocycles. The van der Waals surface area contributed by atoms with Crippen LogP contribution in [0.25, 0.3) is 0 Å². The van der Waals surface area contributed by atoms with Crippen molar-refractivity contribution in [1.82, 2.24) is 10.2 Å². The minimum atomic E-state index is -0.0277. The SMILES string of the molecule is O=C(NCC1CCCN1C(=O)C12CCCC1CCC2)C1C2CCCC21. The summed E-state index contributed by atoms with van der Waals surface area (Å²) in [6.45, 7) is 1.59. The lowest BCUT2D eigenvalue weighted by Crippen LogP contribution is -2.49. The lowest BCUT2D eigenvalue weighted by atomic mass is 9.79. The van der Waals surface area contributed by atoms with E-state index < -0.39 is 0 Å². The molecule has 4 nitrogen and oxygen atoms in total. The first-order chi connectivity index (χ1) is 12.2. The monoisotopic (exact) mass is 344 g/mol. The van der Waals surface area contributed by atoms with Gasteiger partial charge in [0.05, 0.1) is 5.41 Å². The first-order valence-corrected chi connectivity index (χ1v) is 10.8. The molecule has 0 bridgehead atoms. The number of amides is 2. The normalized spacial score (nSPS) is 44.6. The van der Waals surface area contributed by atoms with Gasteiger partial charge >= 0.3 is 0 Å². The summed E-state index contributed by atoms with van der Waals surface area (Å²) in [6.07, 6.45) is 13.2. The molecular weight excluding hydrogens is 312 g/mol. The molecule has 3 unspecified atom stereocenters. The van der Waals surface area contributed by atoms with Crippen LogP contribution >= 0.6 is 0 Å². The van der Waals surface area contributed by atoms with E-state index in [9.17, 15) is 9.59 Å². The smallest absolute Gasteiger partial charge is 0.229 e. The van der Waals surface area contributed by atoms with E-state index in [0.29, 0.717) is 36.1 Å². The number of carbonyl (C=O) groups is 2. The molecule has 4 heteroatoms. The summed E-state index contributed by atoms with van der Waals surface area (Å²) in [7, 11) is 0. The zero-order valence-corrected chi connectivity index (χ0v) is 15.3. The van der Waals surface area contributed by atoms with Crippen LogP contribution in [0.15, 0.2) is 0 Å². The van der Waals surface area contributed by atoms with E-state index in [2.05, 4.69) is 10.2 Å². The van der Waals surface area contributed by atoms with Gasteiger partial charge in [-0.25, -0.2) is 0 Å². The molecule has 4 aliphatic carbocycles. The van der Waals surface area contributed by atoms with Gasteiger partial charge in [-0.3, -0.25) is 9.59 Å². The fraction of sp³-hybridized carbons (Fsp3) is 0.905. The molecular formula is C21H32N2O2. The number of carbonyl (C=O) groups excluding carboxylic acids is 2. The van der Waals surface area contributed by atoms with Crippen molar-refractivity contribution in [3.63, 3.8) is 0 Å². The van der Waals surface area contributed by atoms with Gasteiger partial charge in [-0.05, 0) is 69.1 Å². The van der Waals surface area contributed by atoms with Crippen LogP contribution < -0.4 is 5.32 Å². The van der Waals surface area contributed by atoms with Gasteiger partial charge in [0.25, 0.3) is 0 Å². The Hall–Kier alpha value is -1.06. The molecule has 0 aromatic rings. The topological polar surface area (TPSA) is 49.4 Å². The highest BCUT2D eigenvalue weighted by molar-refractivity contribution is 5.85. The Morgan fingerprint density at radius 2 is 1.64 bits per heavy atom. The number of fused-ring (bicyclic) bond motifs is 2. The standard InChI is InChI=1S/C21H32N2O2/c24-19(18-16-8-1-9-17(16)18)22-13-15-7-4-12-23(15)20(25)21-10-2-5-14(21)6-3-11-21/h14-18H,1-13H2,(H,22,24). The third-order valence-electron chi connectivity index (χ3n) is 8.42. The van der Waals surface area contributed by atoms with Crippen LogP contribution in [0.5, 0.6) is 0 Å². The Labute approximate surface area is 151 Å². The van der Waals surface area contributed by atoms with Gasteiger partial charge in [-0.1, -0.05) is 19.3 Å². The first-order valence-electron chi connectivity index (χ1n) is 10.8. The molecule has 4 saturated carbocycles. The highest BCUT2D eigenvalue weighted by Gasteiger charge is 2.57. The minimum absolute atomic E-state index is 0.0277. The number of likely N-dealkylation sites (tertiary alicyclic amines) is 1. The summed E-state index contributed by atoms with van der Waals surface area (Å²) in [6, 6.07) is 0.242. The summed E-state index contributed by atoms with van der Waals surface area (Å²) in [4.78, 5) is 28.1. The molecule has 25 heavy (non-hydrogen) atoms. The minimum Gasteiger partial charge on any atom is -0.354 e. The van der Waals surface area contributed by atoms with Crippen LogP contribution in [0, 0.1) is 29.1 Å². The Morgan fingerprint density at radius 3 is 2.36 bits per heavy atom. The average Bonchev–Trinajstić information content (AvgIpc) is 3.16. The van der Waals surface area contributed by atoms with Crippen molar-refractivity contribution >= 4 is 11.8 Å². The van der Waals surface area contributed by atoms with Gasteiger partial charge in [0.15, 0.2) is 0 Å². The van der Waals surface area contributed by atoms with Crippen molar-refractivity contribution in [2.24, 2.45) is 29.1 Å². The maximum atomic E-state index is 13.4. The number of hydrogen-bond donors (Lipinski definition) is 1. The van der Waals surface area contributed by atoms with Crippen LogP contribution in [0.1, 0.15) is 70.6 Å². The van der Waals surface area contributed by atoms with E-state index in [1.54, 1.807) is 0 Å². The van der Waals surface area contributed by atoms with Crippen LogP contribution in [-0.2, 0) is 9.59 Å². The highest BCUT2D eigenvalue weighted by Crippen LogP contribution is 2.57. The Balaban J connectivity index is 1.21. The molecule has 2 amide bonds. The second-order valence-corrected chi connectivity index (χ2v) is 9.46. The maximum Gasteiger partial charge on any atom is 0.229 e. The van der Waals surface area contributed by atoms with Crippen molar-refractivity contribution in [3.05, 3.63) is 0 Å². The Kier molecular flexibility index (Phi) is 3.87. The highest BCUT2D eigenvalue weighted by atomic mass is 16.2. The zero-order chi connectivity index (χ0) is 17.0. The third-order valence-corrected chi connectivity index (χ3v) is 8.42. The summed E-state index contributed by atoms with van der Waals surface area (Å²) in [5, 5.41) is 3.22. The molecule has 3 atom stereocenters. The Morgan fingerprint density at radius 1 is 0.920 bits per heavy atom. The van der Waals surface area contributed by atoms with E-state index in [1.807, 2.05) is 0 Å². The molecule has 1 heterocycles. The van der Waals surface area contributed by atoms with Gasteiger partial charge in [0.2, 0.25) is 11.8 Å². The van der Waals surface area contributed by atoms with Crippen molar-refractivity contribution in [1.29, 1.82) is 0 Å². The van der Waals surface area contributed by atoms with Crippen molar-refractivity contribution < 1.29 is 9.59 Å². The van der Waals surface area contributed by atoms with Gasteiger partial charge < -0.3 is 10.2 Å². The van der Waals surface area contributed by atoms with E-state index in [-0.39, 0.29) is 17.4 Å². The predicted octanol–water partition coefficient (Wildman–Crippen LogP) is 3.11. The lowest BCUT2D eigenvalue weighted by molar-refractivity contribution is -0.144. The van der Waals surface area contributed by atoms with Gasteiger partial charge in [-0.2, -0.15) is 0 Å². The van der Waals surface area contributed by atoms with E-state index in [1.165, 1.54) is 44.9 Å². The number of nitrogens with one attached hydrogen (secondary N) is 1. The fourth-order valence-corrected chi connectivity index (χ4v) is 7.09. The van der Waals surface area contributed by atoms with E-state index in [0.717, 1.165) is 32.2 Å². The van der Waals surface area contributed by atoms with Crippen LogP contribution in [0.2, 0.25) is 0 Å². The molecule has 0 spiro atoms. The van der Waals surface area contributed by atoms with Crippen molar-refractivity contribution in [3.8, 4) is 0 Å². The molecule has 5 rings (SSSR count). The maximum absolute atomic E-state index is 13.4. The largest absolute Gasteiger partial charge is 0.354 e. The Bertz CT molecular complexity index is 554. The molecule has 5 aliphatic rings. The fourth-order valence-electron chi connectivity index (χ4n) is 7.09. The van der Waals surface area contributed by atoms with E-state index >= 15 is 0 Å². The quantitative estimate of drug-likeness (QED) is 0.852. The number of hydrogen-bond acceptors (Lipinski definition) is 2. The number of rotatable bonds is 4. The van der Waals surface area contributed by atoms with Gasteiger partial charge in [0, 0.05) is 25.0 Å². The van der Waals surface area contributed by atoms with Crippen LogP contribution in [-0.4, -0.2) is 35.8 Å². The summed E-state index contributed by atoms with van der Waals surface area (Å²) < 4.78 is 0. The predicted molar refractivity (Wildman–Crippen MR) is 95.7 cm³/mol. The summed E-state index contributed by atoms with van der Waals surface area (Å²) >= 11 is 0. The number of nitrogens with zero attached hydrogens (tertiary/aromatic N) is 1. The van der Waals surface area contributed by atoms with Gasteiger partial charge in [-0.15, -0.1) is 0 Å². The summed E-state index contributed by atoms with van der Waals surface area (Å²) in [5.74, 6) is 3.00. The van der Waals surface area contributed by atoms with Gasteiger partial charge in [0.1, 0.15) is 0 Å².